The fourth-order valence-corrected chi connectivity index (χ4v) is 0.924. The molecule has 14 heavy (non-hydrogen) atoms. The zero-order valence-electron chi connectivity index (χ0n) is 9.03. The van der Waals surface area contributed by atoms with Crippen LogP contribution in [-0.4, -0.2) is 32.0 Å². The molecule has 0 heterocycles. The quantitative estimate of drug-likeness (QED) is 0.707. The summed E-state index contributed by atoms with van der Waals surface area (Å²) in [6.07, 6.45) is -2.41. The van der Waals surface area contributed by atoms with E-state index in [2.05, 4.69) is 10.6 Å². The summed E-state index contributed by atoms with van der Waals surface area (Å²) in [5.41, 5.74) is -0.669. The summed E-state index contributed by atoms with van der Waals surface area (Å²) in [6, 6.07) is -0.890. The van der Waals surface area contributed by atoms with Crippen LogP contribution in [-0.2, 0) is 4.79 Å². The van der Waals surface area contributed by atoms with E-state index in [9.17, 15) is 13.6 Å². The zero-order chi connectivity index (χ0) is 11.4. The Hall–Kier alpha value is -0.710. The Kier molecular flexibility index (Phi) is 4.97. The standard InChI is InChI=1S/C9H18F2N2O/c1-6(7(10)11)13-5-9(2,3)8(14)12-4/h6-7,13H,5H2,1-4H3,(H,12,14). The van der Waals surface area contributed by atoms with E-state index in [4.69, 9.17) is 0 Å². The normalized spacial score (nSPS) is 14.2. The van der Waals surface area contributed by atoms with Crippen molar-refractivity contribution in [1.82, 2.24) is 10.6 Å². The van der Waals surface area contributed by atoms with Gasteiger partial charge in [-0.05, 0) is 20.8 Å². The number of carbonyl (C=O) groups is 1. The molecule has 0 aromatic carbocycles. The first-order chi connectivity index (χ1) is 6.31. The Labute approximate surface area is 83.3 Å². The second-order valence-corrected chi connectivity index (χ2v) is 3.97. The maximum absolute atomic E-state index is 12.1. The second kappa shape index (κ2) is 5.24. The number of hydrogen-bond acceptors (Lipinski definition) is 2. The van der Waals surface area contributed by atoms with Crippen molar-refractivity contribution < 1.29 is 13.6 Å². The molecule has 3 nitrogen and oxygen atoms in total. The maximum Gasteiger partial charge on any atom is 0.253 e. The molecule has 0 aromatic rings. The number of halogens is 2. The van der Waals surface area contributed by atoms with E-state index in [0.717, 1.165) is 0 Å². The van der Waals surface area contributed by atoms with Crippen molar-refractivity contribution >= 4 is 5.91 Å². The molecule has 0 aliphatic carbocycles. The molecular weight excluding hydrogens is 190 g/mol. The van der Waals surface area contributed by atoms with Crippen LogP contribution >= 0.6 is 0 Å². The minimum atomic E-state index is -2.41. The molecule has 0 spiro atoms. The van der Waals surface area contributed by atoms with E-state index < -0.39 is 17.9 Å². The highest BCUT2D eigenvalue weighted by Crippen LogP contribution is 2.14. The monoisotopic (exact) mass is 208 g/mol. The van der Waals surface area contributed by atoms with E-state index in [0.29, 0.717) is 0 Å². The molecule has 1 unspecified atom stereocenters. The number of rotatable bonds is 5. The molecule has 0 aliphatic rings. The van der Waals surface area contributed by atoms with Gasteiger partial charge >= 0.3 is 0 Å². The number of nitrogens with one attached hydrogen (secondary N) is 2. The Morgan fingerprint density at radius 2 is 1.93 bits per heavy atom. The second-order valence-electron chi connectivity index (χ2n) is 3.97. The van der Waals surface area contributed by atoms with E-state index in [-0.39, 0.29) is 12.5 Å². The lowest BCUT2D eigenvalue weighted by molar-refractivity contribution is -0.128. The highest BCUT2D eigenvalue weighted by Gasteiger charge is 2.27. The summed E-state index contributed by atoms with van der Waals surface area (Å²) in [4.78, 5) is 11.3. The van der Waals surface area contributed by atoms with Crippen molar-refractivity contribution in [3.8, 4) is 0 Å². The summed E-state index contributed by atoms with van der Waals surface area (Å²) in [6.45, 7) is 5.04. The van der Waals surface area contributed by atoms with Gasteiger partial charge in [-0.25, -0.2) is 8.78 Å². The summed E-state index contributed by atoms with van der Waals surface area (Å²) in [7, 11) is 1.53. The predicted molar refractivity (Wildman–Crippen MR) is 51.3 cm³/mol. The minimum absolute atomic E-state index is 0.161. The average Bonchev–Trinajstić information content (AvgIpc) is 2.12. The SMILES string of the molecule is CNC(=O)C(C)(C)CNC(C)C(F)F. The number of hydrogen-bond donors (Lipinski definition) is 2. The molecule has 0 radical (unpaired) electrons. The van der Waals surface area contributed by atoms with Gasteiger partial charge in [0.1, 0.15) is 0 Å². The summed E-state index contributed by atoms with van der Waals surface area (Å²) < 4.78 is 24.2. The predicted octanol–water partition coefficient (Wildman–Crippen LogP) is 1.00. The third kappa shape index (κ3) is 4.00. The molecule has 5 heteroatoms. The van der Waals surface area contributed by atoms with Crippen LogP contribution in [0.1, 0.15) is 20.8 Å². The first-order valence-corrected chi connectivity index (χ1v) is 4.55. The Morgan fingerprint density at radius 1 is 1.43 bits per heavy atom. The largest absolute Gasteiger partial charge is 0.359 e. The van der Waals surface area contributed by atoms with Gasteiger partial charge in [0.05, 0.1) is 11.5 Å². The Bertz CT molecular complexity index is 195. The molecule has 2 N–H and O–H groups in total. The van der Waals surface area contributed by atoms with Crippen LogP contribution in [0.2, 0.25) is 0 Å². The van der Waals surface area contributed by atoms with E-state index in [1.807, 2.05) is 0 Å². The molecule has 0 bridgehead atoms. The first-order valence-electron chi connectivity index (χ1n) is 4.55. The fraction of sp³-hybridized carbons (Fsp3) is 0.889. The van der Waals surface area contributed by atoms with Crippen LogP contribution in [0, 0.1) is 5.41 Å². The van der Waals surface area contributed by atoms with Crippen molar-refractivity contribution in [2.45, 2.75) is 33.2 Å². The Morgan fingerprint density at radius 3 is 2.29 bits per heavy atom. The van der Waals surface area contributed by atoms with Gasteiger partial charge in [-0.1, -0.05) is 0 Å². The third-order valence-corrected chi connectivity index (χ3v) is 2.09. The van der Waals surface area contributed by atoms with Crippen molar-refractivity contribution in [1.29, 1.82) is 0 Å². The molecule has 0 fully saturated rings. The van der Waals surface area contributed by atoms with Gasteiger partial charge in [0.2, 0.25) is 5.91 Å². The van der Waals surface area contributed by atoms with Crippen molar-refractivity contribution in [2.75, 3.05) is 13.6 Å². The molecule has 0 saturated carbocycles. The lowest BCUT2D eigenvalue weighted by atomic mass is 9.92. The van der Waals surface area contributed by atoms with Crippen LogP contribution in [0.5, 0.6) is 0 Å². The molecule has 0 aliphatic heterocycles. The number of alkyl halides is 2. The first kappa shape index (κ1) is 13.3. The van der Waals surface area contributed by atoms with E-state index in [1.165, 1.54) is 14.0 Å². The summed E-state index contributed by atoms with van der Waals surface area (Å²) in [5.74, 6) is -0.161. The number of carbonyl (C=O) groups excluding carboxylic acids is 1. The van der Waals surface area contributed by atoms with Crippen molar-refractivity contribution in [3.05, 3.63) is 0 Å². The third-order valence-electron chi connectivity index (χ3n) is 2.09. The molecule has 1 atom stereocenters. The Balaban J connectivity index is 4.05. The molecule has 0 aromatic heterocycles. The van der Waals surface area contributed by atoms with E-state index >= 15 is 0 Å². The summed E-state index contributed by atoms with van der Waals surface area (Å²) in [5, 5.41) is 5.12. The van der Waals surface area contributed by atoms with Gasteiger partial charge in [0, 0.05) is 13.6 Å². The highest BCUT2D eigenvalue weighted by molar-refractivity contribution is 5.81. The van der Waals surface area contributed by atoms with Crippen molar-refractivity contribution in [2.24, 2.45) is 5.41 Å². The molecular formula is C9H18F2N2O. The van der Waals surface area contributed by atoms with Crippen molar-refractivity contribution in [3.63, 3.8) is 0 Å². The number of amides is 1. The van der Waals surface area contributed by atoms with Crippen LogP contribution in [0.4, 0.5) is 8.78 Å². The summed E-state index contributed by atoms with van der Waals surface area (Å²) >= 11 is 0. The van der Waals surface area contributed by atoms with Gasteiger partial charge < -0.3 is 10.6 Å². The van der Waals surface area contributed by atoms with Gasteiger partial charge in [-0.3, -0.25) is 4.79 Å². The highest BCUT2D eigenvalue weighted by atomic mass is 19.3. The maximum atomic E-state index is 12.1. The molecule has 84 valence electrons. The molecule has 0 rings (SSSR count). The topological polar surface area (TPSA) is 41.1 Å². The zero-order valence-corrected chi connectivity index (χ0v) is 9.03. The van der Waals surface area contributed by atoms with Gasteiger partial charge in [0.15, 0.2) is 0 Å². The smallest absolute Gasteiger partial charge is 0.253 e. The average molecular weight is 208 g/mol. The fourth-order valence-electron chi connectivity index (χ4n) is 0.924. The van der Waals surface area contributed by atoms with Crippen LogP contribution in [0.3, 0.4) is 0 Å². The molecule has 1 amide bonds. The van der Waals surface area contributed by atoms with Crippen LogP contribution in [0.15, 0.2) is 0 Å². The van der Waals surface area contributed by atoms with Gasteiger partial charge in [0.25, 0.3) is 6.43 Å². The van der Waals surface area contributed by atoms with Gasteiger partial charge in [-0.15, -0.1) is 0 Å². The lowest BCUT2D eigenvalue weighted by Crippen LogP contribution is -2.46. The van der Waals surface area contributed by atoms with E-state index in [1.54, 1.807) is 13.8 Å². The lowest BCUT2D eigenvalue weighted by Gasteiger charge is -2.25. The molecule has 0 saturated heterocycles. The van der Waals surface area contributed by atoms with Gasteiger partial charge in [-0.2, -0.15) is 0 Å². The van der Waals surface area contributed by atoms with Crippen LogP contribution in [0.25, 0.3) is 0 Å². The minimum Gasteiger partial charge on any atom is -0.359 e. The van der Waals surface area contributed by atoms with Crippen LogP contribution < -0.4 is 10.6 Å².